The molecule has 1 fully saturated rings. The molecule has 1 aliphatic heterocycles. The van der Waals surface area contributed by atoms with Crippen LogP contribution in [-0.2, 0) is 0 Å². The van der Waals surface area contributed by atoms with Crippen LogP contribution in [0, 0.1) is 5.92 Å². The molecular formula is C17H28N2O. The third kappa shape index (κ3) is 4.22. The Hall–Kier alpha value is -1.06. The number of aromatic hydroxyl groups is 1. The summed E-state index contributed by atoms with van der Waals surface area (Å²) < 4.78 is 0. The molecule has 2 unspecified atom stereocenters. The van der Waals surface area contributed by atoms with E-state index in [4.69, 9.17) is 0 Å². The predicted octanol–water partition coefficient (Wildman–Crippen LogP) is 3.16. The third-order valence-corrected chi connectivity index (χ3v) is 4.33. The van der Waals surface area contributed by atoms with Gasteiger partial charge in [-0.2, -0.15) is 0 Å². The van der Waals surface area contributed by atoms with Gasteiger partial charge in [-0.1, -0.05) is 19.1 Å². The highest BCUT2D eigenvalue weighted by atomic mass is 16.3. The Balaban J connectivity index is 2.00. The normalized spacial score (nSPS) is 21.1. The zero-order chi connectivity index (χ0) is 14.4. The second kappa shape index (κ2) is 7.65. The van der Waals surface area contributed by atoms with Gasteiger partial charge in [0, 0.05) is 12.6 Å². The van der Waals surface area contributed by atoms with Crippen molar-refractivity contribution >= 4 is 0 Å². The summed E-state index contributed by atoms with van der Waals surface area (Å²) in [4.78, 5) is 2.59. The van der Waals surface area contributed by atoms with Gasteiger partial charge in [-0.3, -0.25) is 4.90 Å². The van der Waals surface area contributed by atoms with Gasteiger partial charge in [-0.15, -0.1) is 0 Å². The van der Waals surface area contributed by atoms with Gasteiger partial charge in [0.15, 0.2) is 0 Å². The summed E-state index contributed by atoms with van der Waals surface area (Å²) in [6.45, 7) is 9.16. The van der Waals surface area contributed by atoms with E-state index in [9.17, 15) is 5.11 Å². The average molecular weight is 276 g/mol. The molecule has 2 rings (SSSR count). The van der Waals surface area contributed by atoms with Crippen LogP contribution in [-0.4, -0.2) is 36.2 Å². The van der Waals surface area contributed by atoms with Crippen LogP contribution >= 0.6 is 0 Å². The first kappa shape index (κ1) is 15.3. The van der Waals surface area contributed by atoms with Crippen molar-refractivity contribution in [3.05, 3.63) is 29.8 Å². The van der Waals surface area contributed by atoms with Gasteiger partial charge in [-0.25, -0.2) is 0 Å². The molecule has 0 spiro atoms. The lowest BCUT2D eigenvalue weighted by molar-refractivity contribution is 0.163. The molecule has 0 aliphatic carbocycles. The molecule has 0 radical (unpaired) electrons. The van der Waals surface area contributed by atoms with Gasteiger partial charge in [0.25, 0.3) is 0 Å². The summed E-state index contributed by atoms with van der Waals surface area (Å²) in [5.41, 5.74) is 1.29. The van der Waals surface area contributed by atoms with Crippen molar-refractivity contribution in [1.29, 1.82) is 0 Å². The number of hydrogen-bond donors (Lipinski definition) is 2. The number of rotatable bonds is 6. The highest BCUT2D eigenvalue weighted by molar-refractivity contribution is 5.27. The lowest BCUT2D eigenvalue weighted by Gasteiger charge is -2.34. The maximum Gasteiger partial charge on any atom is 0.115 e. The van der Waals surface area contributed by atoms with Gasteiger partial charge >= 0.3 is 0 Å². The molecule has 1 aromatic rings. The number of nitrogens with one attached hydrogen (secondary N) is 1. The molecule has 1 aromatic carbocycles. The Labute approximate surface area is 123 Å². The van der Waals surface area contributed by atoms with E-state index in [0.717, 1.165) is 19.0 Å². The third-order valence-electron chi connectivity index (χ3n) is 4.33. The zero-order valence-electron chi connectivity index (χ0n) is 12.8. The van der Waals surface area contributed by atoms with Crippen LogP contribution in [0.25, 0.3) is 0 Å². The monoisotopic (exact) mass is 276 g/mol. The molecule has 0 amide bonds. The fraction of sp³-hybridized carbons (Fsp3) is 0.647. The maximum atomic E-state index is 9.42. The highest BCUT2D eigenvalue weighted by Gasteiger charge is 2.21. The molecule has 112 valence electrons. The molecule has 2 N–H and O–H groups in total. The van der Waals surface area contributed by atoms with Crippen molar-refractivity contribution < 1.29 is 5.11 Å². The van der Waals surface area contributed by atoms with Crippen molar-refractivity contribution in [2.24, 2.45) is 5.92 Å². The van der Waals surface area contributed by atoms with E-state index in [2.05, 4.69) is 24.1 Å². The Morgan fingerprint density at radius 2 is 2.10 bits per heavy atom. The summed E-state index contributed by atoms with van der Waals surface area (Å²) in [6.07, 6.45) is 3.83. The largest absolute Gasteiger partial charge is 0.508 e. The fourth-order valence-corrected chi connectivity index (χ4v) is 3.11. The smallest absolute Gasteiger partial charge is 0.115 e. The molecule has 0 aromatic heterocycles. The van der Waals surface area contributed by atoms with Crippen molar-refractivity contribution in [1.82, 2.24) is 10.2 Å². The van der Waals surface area contributed by atoms with Crippen LogP contribution in [0.3, 0.4) is 0 Å². The summed E-state index contributed by atoms with van der Waals surface area (Å²) in [5.74, 6) is 1.12. The minimum absolute atomic E-state index is 0.347. The number of benzene rings is 1. The lowest BCUT2D eigenvalue weighted by Crippen LogP contribution is -2.39. The fourth-order valence-electron chi connectivity index (χ4n) is 3.11. The van der Waals surface area contributed by atoms with Gasteiger partial charge in [0.1, 0.15) is 5.75 Å². The van der Waals surface area contributed by atoms with Crippen LogP contribution in [0.15, 0.2) is 24.3 Å². The topological polar surface area (TPSA) is 35.5 Å². The van der Waals surface area contributed by atoms with Crippen LogP contribution < -0.4 is 5.32 Å². The molecular weight excluding hydrogens is 248 g/mol. The number of piperidine rings is 1. The van der Waals surface area contributed by atoms with Crippen molar-refractivity contribution in [2.45, 2.75) is 39.2 Å². The van der Waals surface area contributed by atoms with E-state index in [1.165, 1.54) is 37.9 Å². The van der Waals surface area contributed by atoms with Crippen molar-refractivity contribution in [2.75, 3.05) is 26.2 Å². The summed E-state index contributed by atoms with van der Waals surface area (Å²) in [7, 11) is 0. The van der Waals surface area contributed by atoms with Crippen LogP contribution in [0.1, 0.15) is 44.7 Å². The van der Waals surface area contributed by atoms with Gasteiger partial charge in [-0.05, 0) is 69.4 Å². The van der Waals surface area contributed by atoms with Crippen molar-refractivity contribution in [3.8, 4) is 5.75 Å². The van der Waals surface area contributed by atoms with E-state index >= 15 is 0 Å². The summed E-state index contributed by atoms with van der Waals surface area (Å²) >= 11 is 0. The Morgan fingerprint density at radius 1 is 1.35 bits per heavy atom. The first-order chi connectivity index (χ1) is 9.70. The summed E-state index contributed by atoms with van der Waals surface area (Å²) in [5, 5.41) is 12.9. The molecule has 1 saturated heterocycles. The van der Waals surface area contributed by atoms with E-state index in [0.29, 0.717) is 11.8 Å². The number of nitrogens with zero attached hydrogens (tertiary/aromatic N) is 1. The second-order valence-corrected chi connectivity index (χ2v) is 5.97. The second-order valence-electron chi connectivity index (χ2n) is 5.97. The maximum absolute atomic E-state index is 9.42. The van der Waals surface area contributed by atoms with Crippen LogP contribution in [0.2, 0.25) is 0 Å². The predicted molar refractivity (Wildman–Crippen MR) is 84.0 cm³/mol. The Bertz CT molecular complexity index is 384. The first-order valence-electron chi connectivity index (χ1n) is 7.94. The molecule has 20 heavy (non-hydrogen) atoms. The van der Waals surface area contributed by atoms with Crippen molar-refractivity contribution in [3.63, 3.8) is 0 Å². The molecule has 1 heterocycles. The Morgan fingerprint density at radius 3 is 2.70 bits per heavy atom. The number of phenols is 1. The number of phenolic OH excluding ortho intramolecular Hbond substituents is 1. The lowest BCUT2D eigenvalue weighted by atomic mass is 9.97. The van der Waals surface area contributed by atoms with Gasteiger partial charge in [0.2, 0.25) is 0 Å². The quantitative estimate of drug-likeness (QED) is 0.838. The number of hydrogen-bond acceptors (Lipinski definition) is 3. The van der Waals surface area contributed by atoms with E-state index in [1.54, 1.807) is 12.1 Å². The van der Waals surface area contributed by atoms with E-state index < -0.39 is 0 Å². The van der Waals surface area contributed by atoms with Crippen LogP contribution in [0.4, 0.5) is 0 Å². The SMILES string of the molecule is CCCN(CC1CCCNC1)C(C)c1ccc(O)cc1. The first-order valence-corrected chi connectivity index (χ1v) is 7.94. The average Bonchev–Trinajstić information content (AvgIpc) is 2.48. The van der Waals surface area contributed by atoms with E-state index in [-0.39, 0.29) is 0 Å². The summed E-state index contributed by atoms with van der Waals surface area (Å²) in [6, 6.07) is 8.08. The molecule has 1 aliphatic rings. The molecule has 3 nitrogen and oxygen atoms in total. The standard InChI is InChI=1S/C17H28N2O/c1-3-11-19(13-15-5-4-10-18-12-15)14(2)16-6-8-17(20)9-7-16/h6-9,14-15,18,20H,3-5,10-13H2,1-2H3. The van der Waals surface area contributed by atoms with Gasteiger partial charge < -0.3 is 10.4 Å². The molecule has 0 saturated carbocycles. The highest BCUT2D eigenvalue weighted by Crippen LogP contribution is 2.24. The molecule has 2 atom stereocenters. The van der Waals surface area contributed by atoms with E-state index in [1.807, 2.05) is 12.1 Å². The molecule has 3 heteroatoms. The Kier molecular flexibility index (Phi) is 5.86. The minimum Gasteiger partial charge on any atom is -0.508 e. The molecule has 0 bridgehead atoms. The van der Waals surface area contributed by atoms with Gasteiger partial charge in [0.05, 0.1) is 0 Å². The minimum atomic E-state index is 0.347. The van der Waals surface area contributed by atoms with Crippen LogP contribution in [0.5, 0.6) is 5.75 Å². The zero-order valence-corrected chi connectivity index (χ0v) is 12.8.